The molecule has 1 atom stereocenters. The van der Waals surface area contributed by atoms with Crippen molar-refractivity contribution in [3.63, 3.8) is 0 Å². The van der Waals surface area contributed by atoms with Gasteiger partial charge in [-0.2, -0.15) is 0 Å². The van der Waals surface area contributed by atoms with Gasteiger partial charge in [0.15, 0.2) is 0 Å². The minimum atomic E-state index is -0.323. The molecule has 130 valence electrons. The van der Waals surface area contributed by atoms with Crippen molar-refractivity contribution < 1.29 is 9.21 Å². The van der Waals surface area contributed by atoms with Crippen molar-refractivity contribution in [2.45, 2.75) is 50.5 Å². The highest BCUT2D eigenvalue weighted by Crippen LogP contribution is 2.43. The van der Waals surface area contributed by atoms with E-state index in [9.17, 15) is 4.79 Å². The molecule has 0 saturated heterocycles. The number of furan rings is 1. The molecule has 1 amide bonds. The van der Waals surface area contributed by atoms with Crippen LogP contribution < -0.4 is 5.32 Å². The average molecular weight is 353 g/mol. The average Bonchev–Trinajstić information content (AvgIpc) is 3.34. The van der Waals surface area contributed by atoms with Crippen LogP contribution >= 0.6 is 11.3 Å². The Morgan fingerprint density at radius 3 is 2.76 bits per heavy atom. The van der Waals surface area contributed by atoms with Gasteiger partial charge >= 0.3 is 0 Å². The Kier molecular flexibility index (Phi) is 4.38. The van der Waals surface area contributed by atoms with Gasteiger partial charge < -0.3 is 9.73 Å². The maximum atomic E-state index is 13.1. The lowest BCUT2D eigenvalue weighted by Crippen LogP contribution is -2.46. The molecular formula is C21H23NO2S. The fraction of sp³-hybridized carbons (Fsp3) is 0.381. The number of thiophene rings is 1. The van der Waals surface area contributed by atoms with E-state index in [-0.39, 0.29) is 17.4 Å². The fourth-order valence-corrected chi connectivity index (χ4v) is 4.95. The highest BCUT2D eigenvalue weighted by molar-refractivity contribution is 7.10. The third-order valence-electron chi connectivity index (χ3n) is 5.25. The van der Waals surface area contributed by atoms with Crippen LogP contribution in [-0.2, 0) is 16.6 Å². The van der Waals surface area contributed by atoms with E-state index in [1.54, 1.807) is 11.3 Å². The zero-order valence-electron chi connectivity index (χ0n) is 14.5. The normalized spacial score (nSPS) is 17.6. The van der Waals surface area contributed by atoms with Gasteiger partial charge in [0.2, 0.25) is 5.91 Å². The second kappa shape index (κ2) is 6.68. The third-order valence-corrected chi connectivity index (χ3v) is 6.32. The van der Waals surface area contributed by atoms with Crippen molar-refractivity contribution in [3.05, 3.63) is 58.5 Å². The number of hydrogen-bond donors (Lipinski definition) is 1. The summed E-state index contributed by atoms with van der Waals surface area (Å²) in [5, 5.41) is 6.43. The molecule has 1 N–H and O–H groups in total. The van der Waals surface area contributed by atoms with Crippen LogP contribution in [-0.4, -0.2) is 11.9 Å². The predicted octanol–water partition coefficient (Wildman–Crippen LogP) is 5.05. The third kappa shape index (κ3) is 3.11. The first kappa shape index (κ1) is 16.4. The molecule has 1 aromatic carbocycles. The zero-order chi connectivity index (χ0) is 17.3. The summed E-state index contributed by atoms with van der Waals surface area (Å²) in [5.41, 5.74) is 0.581. The number of benzene rings is 1. The molecule has 3 aromatic rings. The van der Waals surface area contributed by atoms with Crippen molar-refractivity contribution in [1.82, 2.24) is 5.32 Å². The number of fused-ring (bicyclic) bond motifs is 1. The van der Waals surface area contributed by atoms with Crippen LogP contribution in [0, 0.1) is 0 Å². The molecular weight excluding hydrogens is 330 g/mol. The van der Waals surface area contributed by atoms with Crippen LogP contribution in [0.25, 0.3) is 11.0 Å². The summed E-state index contributed by atoms with van der Waals surface area (Å²) in [5.74, 6) is 1.10. The maximum Gasteiger partial charge on any atom is 0.231 e. The molecule has 4 heteroatoms. The molecule has 1 aliphatic rings. The number of hydrogen-bond acceptors (Lipinski definition) is 3. The minimum Gasteiger partial charge on any atom is -0.461 e. The van der Waals surface area contributed by atoms with Crippen LogP contribution in [0.2, 0.25) is 0 Å². The fourth-order valence-electron chi connectivity index (χ4n) is 3.97. The van der Waals surface area contributed by atoms with E-state index in [4.69, 9.17) is 4.42 Å². The molecule has 3 nitrogen and oxygen atoms in total. The van der Waals surface area contributed by atoms with Crippen LogP contribution in [0.4, 0.5) is 0 Å². The number of carbonyl (C=O) groups is 1. The number of para-hydroxylation sites is 1. The Morgan fingerprint density at radius 1 is 1.24 bits per heavy atom. The Labute approximate surface area is 152 Å². The van der Waals surface area contributed by atoms with Crippen molar-refractivity contribution in [3.8, 4) is 0 Å². The monoisotopic (exact) mass is 353 g/mol. The zero-order valence-corrected chi connectivity index (χ0v) is 15.3. The van der Waals surface area contributed by atoms with Crippen molar-refractivity contribution in [1.29, 1.82) is 0 Å². The molecule has 0 unspecified atom stereocenters. The summed E-state index contributed by atoms with van der Waals surface area (Å²) in [6, 6.07) is 14.3. The van der Waals surface area contributed by atoms with Gasteiger partial charge in [-0.25, -0.2) is 0 Å². The highest BCUT2D eigenvalue weighted by Gasteiger charge is 2.43. The second-order valence-electron chi connectivity index (χ2n) is 7.10. The molecule has 4 rings (SSSR count). The topological polar surface area (TPSA) is 42.2 Å². The largest absolute Gasteiger partial charge is 0.461 e. The lowest BCUT2D eigenvalue weighted by atomic mass is 9.83. The summed E-state index contributed by atoms with van der Waals surface area (Å²) in [6.45, 7) is 2.06. The number of carbonyl (C=O) groups excluding carboxylic acids is 1. The molecule has 1 fully saturated rings. The summed E-state index contributed by atoms with van der Waals surface area (Å²) in [4.78, 5) is 14.3. The standard InChI is InChI=1S/C21H23NO2S/c1-15(13-17-14-16-7-2-3-8-18(16)24-17)22-20(23)21(10-4-5-11-21)19-9-6-12-25-19/h2-3,6-9,12,14-15H,4-5,10-11,13H2,1H3,(H,22,23)/t15-/m1/s1. The van der Waals surface area contributed by atoms with Crippen LogP contribution in [0.5, 0.6) is 0 Å². The van der Waals surface area contributed by atoms with Gasteiger partial charge in [0, 0.05) is 22.7 Å². The molecule has 0 spiro atoms. The first-order chi connectivity index (χ1) is 12.2. The quantitative estimate of drug-likeness (QED) is 0.697. The molecule has 1 saturated carbocycles. The lowest BCUT2D eigenvalue weighted by Gasteiger charge is -2.28. The summed E-state index contributed by atoms with van der Waals surface area (Å²) >= 11 is 1.70. The van der Waals surface area contributed by atoms with Crippen LogP contribution in [0.1, 0.15) is 43.2 Å². The van der Waals surface area contributed by atoms with Gasteiger partial charge in [0.25, 0.3) is 0 Å². The maximum absolute atomic E-state index is 13.1. The van der Waals surface area contributed by atoms with E-state index in [2.05, 4.69) is 35.8 Å². The Hall–Kier alpha value is -2.07. The molecule has 2 aromatic heterocycles. The predicted molar refractivity (Wildman–Crippen MR) is 102 cm³/mol. The van der Waals surface area contributed by atoms with E-state index >= 15 is 0 Å². The van der Waals surface area contributed by atoms with Gasteiger partial charge in [0.05, 0.1) is 5.41 Å². The lowest BCUT2D eigenvalue weighted by molar-refractivity contribution is -0.127. The summed E-state index contributed by atoms with van der Waals surface area (Å²) in [6.07, 6.45) is 4.88. The highest BCUT2D eigenvalue weighted by atomic mass is 32.1. The molecule has 25 heavy (non-hydrogen) atoms. The Morgan fingerprint density at radius 2 is 2.04 bits per heavy atom. The van der Waals surface area contributed by atoms with E-state index in [0.717, 1.165) is 42.4 Å². The molecule has 0 aliphatic heterocycles. The molecule has 0 radical (unpaired) electrons. The number of nitrogens with one attached hydrogen (secondary N) is 1. The minimum absolute atomic E-state index is 0.0468. The Balaban J connectivity index is 1.47. The number of amides is 1. The second-order valence-corrected chi connectivity index (χ2v) is 8.04. The van der Waals surface area contributed by atoms with Crippen LogP contribution in [0.3, 0.4) is 0 Å². The first-order valence-corrected chi connectivity index (χ1v) is 9.88. The van der Waals surface area contributed by atoms with Crippen LogP contribution in [0.15, 0.2) is 52.3 Å². The van der Waals surface area contributed by atoms with E-state index in [1.807, 2.05) is 24.3 Å². The van der Waals surface area contributed by atoms with E-state index in [1.165, 1.54) is 4.88 Å². The van der Waals surface area contributed by atoms with E-state index < -0.39 is 0 Å². The summed E-state index contributed by atoms with van der Waals surface area (Å²) < 4.78 is 5.89. The molecule has 0 bridgehead atoms. The first-order valence-electron chi connectivity index (χ1n) is 9.00. The van der Waals surface area contributed by atoms with Gasteiger partial charge in [-0.15, -0.1) is 11.3 Å². The van der Waals surface area contributed by atoms with Crippen molar-refractivity contribution in [2.24, 2.45) is 0 Å². The van der Waals surface area contributed by atoms with Gasteiger partial charge in [-0.1, -0.05) is 37.1 Å². The molecule has 1 aliphatic carbocycles. The Bertz CT molecular complexity index is 826. The van der Waals surface area contributed by atoms with Gasteiger partial charge in [0.1, 0.15) is 11.3 Å². The van der Waals surface area contributed by atoms with E-state index in [0.29, 0.717) is 6.42 Å². The van der Waals surface area contributed by atoms with Crippen molar-refractivity contribution >= 4 is 28.2 Å². The SMILES string of the molecule is C[C@H](Cc1cc2ccccc2o1)NC(=O)C1(c2cccs2)CCCC1. The molecule has 2 heterocycles. The summed E-state index contributed by atoms with van der Waals surface area (Å²) in [7, 11) is 0. The van der Waals surface area contributed by atoms with Gasteiger partial charge in [-0.3, -0.25) is 4.79 Å². The van der Waals surface area contributed by atoms with Gasteiger partial charge in [-0.05, 0) is 43.3 Å². The number of rotatable bonds is 5. The van der Waals surface area contributed by atoms with Crippen molar-refractivity contribution in [2.75, 3.05) is 0 Å². The smallest absolute Gasteiger partial charge is 0.231 e.